The predicted molar refractivity (Wildman–Crippen MR) is 84.4 cm³/mol. The van der Waals surface area contributed by atoms with Crippen LogP contribution in [-0.2, 0) is 4.74 Å². The van der Waals surface area contributed by atoms with Crippen molar-refractivity contribution in [3.63, 3.8) is 0 Å². The van der Waals surface area contributed by atoms with E-state index in [0.717, 1.165) is 31.3 Å². The first-order valence-corrected chi connectivity index (χ1v) is 8.10. The van der Waals surface area contributed by atoms with Gasteiger partial charge in [-0.3, -0.25) is 4.90 Å². The molecule has 0 radical (unpaired) electrons. The molecule has 1 aromatic rings. The summed E-state index contributed by atoms with van der Waals surface area (Å²) in [6.45, 7) is 9.83. The summed E-state index contributed by atoms with van der Waals surface area (Å²) in [6, 6.07) is 0. The number of thiazole rings is 1. The average Bonchev–Trinajstić information content (AvgIpc) is 2.99. The standard InChI is InChI=1S/C14H26N4OS/c1-12(2)14(10-15,11-19-3)18-7-5-17(6-8-18)13-16-4-9-20-13/h4,9,12H,5-8,10-11,15H2,1-3H3. The highest BCUT2D eigenvalue weighted by Gasteiger charge is 2.40. The molecule has 0 amide bonds. The summed E-state index contributed by atoms with van der Waals surface area (Å²) >= 11 is 1.71. The van der Waals surface area contributed by atoms with Gasteiger partial charge in [0.25, 0.3) is 0 Å². The molecule has 0 saturated carbocycles. The molecule has 114 valence electrons. The zero-order chi connectivity index (χ0) is 14.6. The quantitative estimate of drug-likeness (QED) is 0.857. The van der Waals surface area contributed by atoms with Crippen molar-refractivity contribution in [1.29, 1.82) is 0 Å². The Hall–Kier alpha value is -0.690. The third kappa shape index (κ3) is 2.98. The average molecular weight is 298 g/mol. The van der Waals surface area contributed by atoms with Crippen LogP contribution in [0.3, 0.4) is 0 Å². The molecule has 0 aromatic carbocycles. The van der Waals surface area contributed by atoms with Crippen molar-refractivity contribution in [2.75, 3.05) is 51.3 Å². The number of aromatic nitrogens is 1. The lowest BCUT2D eigenvalue weighted by atomic mass is 9.84. The van der Waals surface area contributed by atoms with E-state index in [0.29, 0.717) is 19.1 Å². The number of piperazine rings is 1. The van der Waals surface area contributed by atoms with Crippen LogP contribution in [0.1, 0.15) is 13.8 Å². The van der Waals surface area contributed by atoms with Gasteiger partial charge in [-0.05, 0) is 5.92 Å². The van der Waals surface area contributed by atoms with Gasteiger partial charge < -0.3 is 15.4 Å². The van der Waals surface area contributed by atoms with Crippen molar-refractivity contribution in [1.82, 2.24) is 9.88 Å². The Morgan fingerprint density at radius 2 is 2.10 bits per heavy atom. The van der Waals surface area contributed by atoms with Gasteiger partial charge in [0.05, 0.1) is 12.1 Å². The lowest BCUT2D eigenvalue weighted by Gasteiger charge is -2.49. The van der Waals surface area contributed by atoms with E-state index in [-0.39, 0.29) is 5.54 Å². The van der Waals surface area contributed by atoms with Gasteiger partial charge in [0, 0.05) is 51.4 Å². The maximum atomic E-state index is 6.11. The minimum Gasteiger partial charge on any atom is -0.383 e. The van der Waals surface area contributed by atoms with Gasteiger partial charge in [0.1, 0.15) is 0 Å². The molecule has 0 bridgehead atoms. The molecule has 2 N–H and O–H groups in total. The van der Waals surface area contributed by atoms with Crippen molar-refractivity contribution in [2.24, 2.45) is 11.7 Å². The van der Waals surface area contributed by atoms with E-state index in [1.165, 1.54) is 0 Å². The second kappa shape index (κ2) is 6.85. The van der Waals surface area contributed by atoms with Gasteiger partial charge >= 0.3 is 0 Å². The van der Waals surface area contributed by atoms with Crippen molar-refractivity contribution in [3.8, 4) is 0 Å². The molecule has 1 fully saturated rings. The van der Waals surface area contributed by atoms with Crippen LogP contribution in [0.5, 0.6) is 0 Å². The molecule has 0 spiro atoms. The van der Waals surface area contributed by atoms with E-state index in [4.69, 9.17) is 10.5 Å². The minimum absolute atomic E-state index is 0.0519. The number of anilines is 1. The van der Waals surface area contributed by atoms with Crippen molar-refractivity contribution >= 4 is 16.5 Å². The van der Waals surface area contributed by atoms with E-state index < -0.39 is 0 Å². The monoisotopic (exact) mass is 298 g/mol. The zero-order valence-electron chi connectivity index (χ0n) is 12.7. The summed E-state index contributed by atoms with van der Waals surface area (Å²) in [5.74, 6) is 0.471. The summed E-state index contributed by atoms with van der Waals surface area (Å²) in [7, 11) is 1.76. The molecule has 2 rings (SSSR count). The number of ether oxygens (including phenoxy) is 1. The van der Waals surface area contributed by atoms with Gasteiger partial charge in [-0.2, -0.15) is 0 Å². The normalized spacial score (nSPS) is 20.4. The highest BCUT2D eigenvalue weighted by Crippen LogP contribution is 2.28. The number of methoxy groups -OCH3 is 1. The highest BCUT2D eigenvalue weighted by molar-refractivity contribution is 7.13. The third-order valence-corrected chi connectivity index (χ3v) is 5.25. The van der Waals surface area contributed by atoms with E-state index >= 15 is 0 Å². The van der Waals surface area contributed by atoms with Gasteiger partial charge in [-0.15, -0.1) is 11.3 Å². The van der Waals surface area contributed by atoms with Crippen LogP contribution in [0, 0.1) is 5.92 Å². The Labute approximate surface area is 125 Å². The molecule has 1 aliphatic rings. The Morgan fingerprint density at radius 1 is 1.40 bits per heavy atom. The lowest BCUT2D eigenvalue weighted by molar-refractivity contribution is -0.0190. The van der Waals surface area contributed by atoms with Crippen LogP contribution in [0.4, 0.5) is 5.13 Å². The summed E-state index contributed by atoms with van der Waals surface area (Å²) in [4.78, 5) is 9.26. The van der Waals surface area contributed by atoms with E-state index in [9.17, 15) is 0 Å². The van der Waals surface area contributed by atoms with Gasteiger partial charge in [-0.1, -0.05) is 13.8 Å². The molecule has 20 heavy (non-hydrogen) atoms. The van der Waals surface area contributed by atoms with Crippen LogP contribution >= 0.6 is 11.3 Å². The number of rotatable bonds is 6. The number of nitrogens with zero attached hydrogens (tertiary/aromatic N) is 3. The number of hydrogen-bond acceptors (Lipinski definition) is 6. The summed E-state index contributed by atoms with van der Waals surface area (Å²) in [6.07, 6.45) is 1.87. The lowest BCUT2D eigenvalue weighted by Crippen LogP contribution is -2.64. The summed E-state index contributed by atoms with van der Waals surface area (Å²) in [5, 5.41) is 3.16. The summed E-state index contributed by atoms with van der Waals surface area (Å²) in [5.41, 5.74) is 6.06. The molecule has 0 aliphatic carbocycles. The molecule has 1 aromatic heterocycles. The molecule has 1 aliphatic heterocycles. The van der Waals surface area contributed by atoms with Gasteiger partial charge in [0.15, 0.2) is 5.13 Å². The van der Waals surface area contributed by atoms with Crippen LogP contribution in [0.15, 0.2) is 11.6 Å². The Morgan fingerprint density at radius 3 is 2.55 bits per heavy atom. The first-order chi connectivity index (χ1) is 9.64. The second-order valence-corrected chi connectivity index (χ2v) is 6.56. The zero-order valence-corrected chi connectivity index (χ0v) is 13.5. The molecular weight excluding hydrogens is 272 g/mol. The van der Waals surface area contributed by atoms with E-state index in [2.05, 4.69) is 28.6 Å². The SMILES string of the molecule is COCC(CN)(C(C)C)N1CCN(c2nccs2)CC1. The fraction of sp³-hybridized carbons (Fsp3) is 0.786. The van der Waals surface area contributed by atoms with Gasteiger partial charge in [-0.25, -0.2) is 4.98 Å². The Balaban J connectivity index is 2.03. The minimum atomic E-state index is -0.0519. The first-order valence-electron chi connectivity index (χ1n) is 7.22. The molecule has 1 saturated heterocycles. The Kier molecular flexibility index (Phi) is 5.37. The van der Waals surface area contributed by atoms with Crippen molar-refractivity contribution in [2.45, 2.75) is 19.4 Å². The summed E-state index contributed by atoms with van der Waals surface area (Å²) < 4.78 is 5.47. The fourth-order valence-corrected chi connectivity index (χ4v) is 3.71. The molecule has 6 heteroatoms. The number of hydrogen-bond donors (Lipinski definition) is 1. The molecule has 1 atom stereocenters. The molecule has 5 nitrogen and oxygen atoms in total. The molecule has 1 unspecified atom stereocenters. The smallest absolute Gasteiger partial charge is 0.185 e. The first kappa shape index (κ1) is 15.7. The Bertz CT molecular complexity index is 390. The van der Waals surface area contributed by atoms with Crippen LogP contribution in [-0.4, -0.2) is 61.9 Å². The third-order valence-electron chi connectivity index (χ3n) is 4.42. The molecule has 2 heterocycles. The fourth-order valence-electron chi connectivity index (χ4n) is 3.01. The highest BCUT2D eigenvalue weighted by atomic mass is 32.1. The van der Waals surface area contributed by atoms with Crippen LogP contribution in [0.2, 0.25) is 0 Å². The van der Waals surface area contributed by atoms with Gasteiger partial charge in [0.2, 0.25) is 0 Å². The van der Waals surface area contributed by atoms with Crippen LogP contribution < -0.4 is 10.6 Å². The van der Waals surface area contributed by atoms with E-state index in [1.807, 2.05) is 11.6 Å². The predicted octanol–water partition coefficient (Wildman–Crippen LogP) is 1.27. The van der Waals surface area contributed by atoms with Crippen molar-refractivity contribution < 1.29 is 4.74 Å². The maximum Gasteiger partial charge on any atom is 0.185 e. The largest absolute Gasteiger partial charge is 0.383 e. The van der Waals surface area contributed by atoms with Crippen LogP contribution in [0.25, 0.3) is 0 Å². The second-order valence-electron chi connectivity index (χ2n) is 5.68. The number of nitrogens with two attached hydrogens (primary N) is 1. The van der Waals surface area contributed by atoms with Crippen molar-refractivity contribution in [3.05, 3.63) is 11.6 Å². The molecular formula is C14H26N4OS. The maximum absolute atomic E-state index is 6.11. The van der Waals surface area contributed by atoms with E-state index in [1.54, 1.807) is 18.4 Å². The topological polar surface area (TPSA) is 54.6 Å².